The molecule has 0 saturated carbocycles. The highest BCUT2D eigenvalue weighted by Crippen LogP contribution is 2.42. The third kappa shape index (κ3) is 5.29. The third-order valence-corrected chi connectivity index (χ3v) is 10.7. The lowest BCUT2D eigenvalue weighted by Gasteiger charge is -2.09. The number of para-hydroxylation sites is 2. The summed E-state index contributed by atoms with van der Waals surface area (Å²) in [6.45, 7) is 0. The van der Waals surface area contributed by atoms with Crippen LogP contribution in [0.5, 0.6) is 0 Å². The summed E-state index contributed by atoms with van der Waals surface area (Å²) in [7, 11) is 0. The van der Waals surface area contributed by atoms with Crippen molar-refractivity contribution in [3.8, 4) is 62.1 Å². The summed E-state index contributed by atoms with van der Waals surface area (Å²) in [5, 5.41) is 4.39. The number of aromatic nitrogens is 4. The Morgan fingerprint density at radius 3 is 1.29 bits per heavy atom. The molecule has 0 radical (unpaired) electrons. The Morgan fingerprint density at radius 2 is 0.768 bits per heavy atom. The van der Waals surface area contributed by atoms with Gasteiger partial charge in [-0.05, 0) is 58.7 Å². The zero-order chi connectivity index (χ0) is 37.0. The zero-order valence-electron chi connectivity index (χ0n) is 30.2. The maximum Gasteiger partial charge on any atom is 0.167 e. The molecule has 5 heteroatoms. The van der Waals surface area contributed by atoms with Crippen LogP contribution >= 0.6 is 0 Å². The van der Waals surface area contributed by atoms with Crippen LogP contribution in [-0.2, 0) is 0 Å². The number of benzene rings is 8. The van der Waals surface area contributed by atoms with Gasteiger partial charge in [-0.3, -0.25) is 0 Å². The summed E-state index contributed by atoms with van der Waals surface area (Å²) in [6.07, 6.45) is 0. The number of fused-ring (bicyclic) bond motifs is 6. The molecule has 0 saturated heterocycles. The van der Waals surface area contributed by atoms with E-state index in [4.69, 9.17) is 19.4 Å². The topological polar surface area (TPSA) is 56.7 Å². The molecule has 0 N–H and O–H groups in total. The molecule has 56 heavy (non-hydrogen) atoms. The van der Waals surface area contributed by atoms with Gasteiger partial charge in [0, 0.05) is 32.7 Å². The fraction of sp³-hybridized carbons (Fsp3) is 0. The van der Waals surface area contributed by atoms with Gasteiger partial charge in [-0.25, -0.2) is 15.0 Å². The van der Waals surface area contributed by atoms with E-state index < -0.39 is 0 Å². The molecule has 0 aliphatic heterocycles. The van der Waals surface area contributed by atoms with Crippen molar-refractivity contribution in [1.82, 2.24) is 19.5 Å². The Hall–Kier alpha value is -7.63. The third-order valence-electron chi connectivity index (χ3n) is 10.7. The van der Waals surface area contributed by atoms with E-state index in [9.17, 15) is 0 Å². The van der Waals surface area contributed by atoms with Gasteiger partial charge >= 0.3 is 0 Å². The van der Waals surface area contributed by atoms with Gasteiger partial charge in [-0.15, -0.1) is 0 Å². The van der Waals surface area contributed by atoms with Gasteiger partial charge in [0.1, 0.15) is 5.58 Å². The molecule has 3 heterocycles. The van der Waals surface area contributed by atoms with Gasteiger partial charge in [0.2, 0.25) is 0 Å². The minimum atomic E-state index is 0.558. The Labute approximate surface area is 322 Å². The number of hydrogen-bond acceptors (Lipinski definition) is 4. The standard InChI is InChI=1S/C51H32N4O/c1-5-15-33(16-6-1)37-27-29-44-42(31-37)43-32-38(34-17-7-2-8-18-34)28-30-45(43)55(44)46-26-14-24-40-39-23-13-25-41(47(39)56-48(40)46)51-53-49(35-19-9-3-10-20-35)52-50(54-51)36-21-11-4-12-22-36/h1-32H. The van der Waals surface area contributed by atoms with Gasteiger partial charge in [0.25, 0.3) is 0 Å². The van der Waals surface area contributed by atoms with E-state index in [1.165, 1.54) is 33.0 Å². The van der Waals surface area contributed by atoms with E-state index in [1.807, 2.05) is 66.7 Å². The van der Waals surface area contributed by atoms with E-state index in [2.05, 4.69) is 132 Å². The van der Waals surface area contributed by atoms with Crippen LogP contribution in [0.1, 0.15) is 0 Å². The normalized spacial score (nSPS) is 11.6. The quantitative estimate of drug-likeness (QED) is 0.172. The van der Waals surface area contributed by atoms with Crippen LogP contribution in [0.25, 0.3) is 106 Å². The SMILES string of the molecule is c1ccc(-c2ccc3c(c2)c2cc(-c4ccccc4)ccc2n3-c2cccc3c2oc2c(-c4nc(-c5ccccc5)nc(-c5ccccc5)n4)cccc23)cc1. The Bertz CT molecular complexity index is 3070. The fourth-order valence-electron chi connectivity index (χ4n) is 7.99. The van der Waals surface area contributed by atoms with Crippen molar-refractivity contribution >= 4 is 43.7 Å². The van der Waals surface area contributed by atoms with Gasteiger partial charge in [0.05, 0.1) is 22.3 Å². The van der Waals surface area contributed by atoms with Crippen molar-refractivity contribution in [2.24, 2.45) is 0 Å². The van der Waals surface area contributed by atoms with Crippen LogP contribution in [0, 0.1) is 0 Å². The van der Waals surface area contributed by atoms with Gasteiger partial charge in [-0.2, -0.15) is 0 Å². The second-order valence-corrected chi connectivity index (χ2v) is 14.0. The summed E-state index contributed by atoms with van der Waals surface area (Å²) in [5.74, 6) is 1.78. The lowest BCUT2D eigenvalue weighted by atomic mass is 10.0. The monoisotopic (exact) mass is 716 g/mol. The first kappa shape index (κ1) is 31.9. The molecule has 5 nitrogen and oxygen atoms in total. The minimum absolute atomic E-state index is 0.558. The van der Waals surface area contributed by atoms with Crippen molar-refractivity contribution in [2.45, 2.75) is 0 Å². The predicted octanol–water partition coefficient (Wildman–Crippen LogP) is 13.2. The van der Waals surface area contributed by atoms with Crippen LogP contribution in [0.3, 0.4) is 0 Å². The van der Waals surface area contributed by atoms with Gasteiger partial charge in [0.15, 0.2) is 23.1 Å². The smallest absolute Gasteiger partial charge is 0.167 e. The summed E-state index contributed by atoms with van der Waals surface area (Å²) >= 11 is 0. The molecule has 0 amide bonds. The van der Waals surface area contributed by atoms with E-state index >= 15 is 0 Å². The molecule has 0 spiro atoms. The summed E-state index contributed by atoms with van der Waals surface area (Å²) < 4.78 is 9.40. The van der Waals surface area contributed by atoms with Crippen LogP contribution in [0.2, 0.25) is 0 Å². The van der Waals surface area contributed by atoms with E-state index in [1.54, 1.807) is 0 Å². The van der Waals surface area contributed by atoms with Crippen LogP contribution < -0.4 is 0 Å². The maximum atomic E-state index is 7.05. The molecule has 3 aromatic heterocycles. The Morgan fingerprint density at radius 1 is 0.321 bits per heavy atom. The molecule has 0 bridgehead atoms. The van der Waals surface area contributed by atoms with Crippen LogP contribution in [-0.4, -0.2) is 19.5 Å². The van der Waals surface area contributed by atoms with Crippen molar-refractivity contribution in [3.05, 3.63) is 194 Å². The molecule has 0 atom stereocenters. The van der Waals surface area contributed by atoms with Crippen molar-refractivity contribution in [3.63, 3.8) is 0 Å². The van der Waals surface area contributed by atoms with Gasteiger partial charge in [-0.1, -0.05) is 158 Å². The second-order valence-electron chi connectivity index (χ2n) is 14.0. The summed E-state index contributed by atoms with van der Waals surface area (Å²) in [4.78, 5) is 15.0. The van der Waals surface area contributed by atoms with Crippen LogP contribution in [0.4, 0.5) is 0 Å². The Kier molecular flexibility index (Phi) is 7.42. The van der Waals surface area contributed by atoms with Crippen molar-refractivity contribution in [1.29, 1.82) is 0 Å². The molecular weight excluding hydrogens is 685 g/mol. The molecule has 11 rings (SSSR count). The molecule has 8 aromatic carbocycles. The minimum Gasteiger partial charge on any atom is -0.453 e. The molecule has 11 aromatic rings. The first-order chi connectivity index (χ1) is 27.8. The highest BCUT2D eigenvalue weighted by Gasteiger charge is 2.22. The molecule has 0 aliphatic carbocycles. The average molecular weight is 717 g/mol. The first-order valence-electron chi connectivity index (χ1n) is 18.8. The summed E-state index contributed by atoms with van der Waals surface area (Å²) in [6, 6.07) is 67.5. The highest BCUT2D eigenvalue weighted by atomic mass is 16.3. The van der Waals surface area contributed by atoms with Crippen LogP contribution in [0.15, 0.2) is 199 Å². The lowest BCUT2D eigenvalue weighted by Crippen LogP contribution is -2.00. The zero-order valence-corrected chi connectivity index (χ0v) is 30.2. The molecule has 262 valence electrons. The molecule has 0 aliphatic rings. The van der Waals surface area contributed by atoms with E-state index in [0.717, 1.165) is 55.3 Å². The maximum absolute atomic E-state index is 7.05. The number of furan rings is 1. The number of rotatable bonds is 6. The molecular formula is C51H32N4O. The predicted molar refractivity (Wildman–Crippen MR) is 229 cm³/mol. The molecule has 0 unspecified atom stereocenters. The van der Waals surface area contributed by atoms with E-state index in [-0.39, 0.29) is 0 Å². The fourth-order valence-corrected chi connectivity index (χ4v) is 7.99. The second kappa shape index (κ2) is 13.0. The van der Waals surface area contributed by atoms with Gasteiger partial charge < -0.3 is 8.98 Å². The van der Waals surface area contributed by atoms with E-state index in [0.29, 0.717) is 17.5 Å². The molecule has 0 fully saturated rings. The number of hydrogen-bond donors (Lipinski definition) is 0. The van der Waals surface area contributed by atoms with Crippen molar-refractivity contribution in [2.75, 3.05) is 0 Å². The highest BCUT2D eigenvalue weighted by molar-refractivity contribution is 6.15. The van der Waals surface area contributed by atoms with Crippen molar-refractivity contribution < 1.29 is 4.42 Å². The first-order valence-corrected chi connectivity index (χ1v) is 18.8. The lowest BCUT2D eigenvalue weighted by molar-refractivity contribution is 0.667. The Balaban J connectivity index is 1.15. The summed E-state index contributed by atoms with van der Waals surface area (Å²) in [5.41, 5.74) is 12.1. The largest absolute Gasteiger partial charge is 0.453 e. The number of nitrogens with zero attached hydrogens (tertiary/aromatic N) is 4. The average Bonchev–Trinajstić information content (AvgIpc) is 3.83.